The molecule has 1 aliphatic heterocycles. The fourth-order valence-electron chi connectivity index (χ4n) is 10.1. The Morgan fingerprint density at radius 3 is 2.05 bits per heavy atom. The van der Waals surface area contributed by atoms with E-state index < -0.39 is 0 Å². The molecule has 4 aliphatic rings. The van der Waals surface area contributed by atoms with Gasteiger partial charge in [0.25, 0.3) is 0 Å². The topological polar surface area (TPSA) is 20.2 Å². The van der Waals surface area contributed by atoms with Crippen molar-refractivity contribution in [2.75, 3.05) is 7.05 Å². The normalized spacial score (nSPS) is 20.1. The molecular weight excluding hydrogens is 799 g/mol. The molecule has 2 heterocycles. The minimum Gasteiger partial charge on any atom is -0.388 e. The molecule has 0 bridgehead atoms. The standard InChI is InChI=1S/C42H40N2.C17H17N.2C2H6/c1-29-21-22-30(2)36(25-29)31(3)26-33(43-38-18-11-9-15-34(38)35-16-10-12-19-39(35)43)27-32(4)44-40-20-8-6-5-7-17-37(40)41-23-13-14-24-42(41,44)28-41;1-18-17(16-12-6-3-7-13-16)14-8-11-15-9-4-2-5-10-15;2*1-2/h7,9-19,21-27H,3,5-6,8,20,28H2,1-2,4H3;2-14,18H,1H3;2*1-2H3/b17-7-,32-27+,33-26+;11-8+,17-14-;;. The summed E-state index contributed by atoms with van der Waals surface area (Å²) in [7, 11) is 1.94. The number of nitrogens with one attached hydrogen (secondary N) is 1. The Morgan fingerprint density at radius 2 is 1.36 bits per heavy atom. The quantitative estimate of drug-likeness (QED) is 0.146. The van der Waals surface area contributed by atoms with Gasteiger partial charge in [-0.15, -0.1) is 0 Å². The summed E-state index contributed by atoms with van der Waals surface area (Å²) < 4.78 is 2.45. The van der Waals surface area contributed by atoms with Crippen LogP contribution in [0, 0.1) is 19.3 Å². The molecule has 1 fully saturated rings. The third-order valence-electron chi connectivity index (χ3n) is 13.2. The number of para-hydroxylation sites is 2. The zero-order valence-corrected chi connectivity index (χ0v) is 40.6. The lowest BCUT2D eigenvalue weighted by Crippen LogP contribution is -2.34. The second-order valence-electron chi connectivity index (χ2n) is 17.2. The van der Waals surface area contributed by atoms with Gasteiger partial charge >= 0.3 is 0 Å². The predicted octanol–water partition coefficient (Wildman–Crippen LogP) is 16.8. The first kappa shape index (κ1) is 47.1. The number of allylic oxidation sites excluding steroid dienone is 12. The second-order valence-corrected chi connectivity index (χ2v) is 17.2. The molecule has 3 heteroatoms. The van der Waals surface area contributed by atoms with Gasteiger partial charge in [-0.25, -0.2) is 0 Å². The van der Waals surface area contributed by atoms with E-state index in [4.69, 9.17) is 0 Å². The number of aryl methyl sites for hydroxylation is 2. The Kier molecular flexibility index (Phi) is 15.3. The third-order valence-corrected chi connectivity index (χ3v) is 13.2. The summed E-state index contributed by atoms with van der Waals surface area (Å²) in [5, 5.41) is 5.76. The highest BCUT2D eigenvalue weighted by atomic mass is 15.3. The van der Waals surface area contributed by atoms with Crippen LogP contribution in [0.1, 0.15) is 94.5 Å². The molecule has 336 valence electrons. The van der Waals surface area contributed by atoms with E-state index in [1.54, 1.807) is 0 Å². The van der Waals surface area contributed by atoms with E-state index in [9.17, 15) is 0 Å². The largest absolute Gasteiger partial charge is 0.388 e. The number of fused-ring (bicyclic) bond motifs is 3. The Morgan fingerprint density at radius 1 is 0.727 bits per heavy atom. The highest BCUT2D eigenvalue weighted by molar-refractivity contribution is 6.10. The Hall–Kier alpha value is -6.84. The van der Waals surface area contributed by atoms with E-state index in [0.29, 0.717) is 0 Å². The predicted molar refractivity (Wildman–Crippen MR) is 289 cm³/mol. The van der Waals surface area contributed by atoms with Crippen molar-refractivity contribution in [3.05, 3.63) is 240 Å². The number of rotatable bonds is 9. The minimum atomic E-state index is -0.00223. The van der Waals surface area contributed by atoms with Crippen molar-refractivity contribution in [3.8, 4) is 0 Å². The molecule has 0 amide bonds. The fraction of sp³-hybridized carbons (Fsp3) is 0.238. The van der Waals surface area contributed by atoms with Crippen LogP contribution in [-0.2, 0) is 0 Å². The zero-order valence-electron chi connectivity index (χ0n) is 40.6. The molecule has 5 aromatic carbocycles. The van der Waals surface area contributed by atoms with Crippen LogP contribution in [-0.4, -0.2) is 22.1 Å². The summed E-state index contributed by atoms with van der Waals surface area (Å²) in [6.45, 7) is 19.3. The van der Waals surface area contributed by atoms with Crippen LogP contribution in [0.5, 0.6) is 0 Å². The number of hydrogen-bond donors (Lipinski definition) is 1. The van der Waals surface area contributed by atoms with E-state index in [1.165, 1.54) is 85.9 Å². The zero-order chi connectivity index (χ0) is 46.7. The Balaban J connectivity index is 0.000000247. The Bertz CT molecular complexity index is 2850. The molecule has 10 rings (SSSR count). The third kappa shape index (κ3) is 9.31. The summed E-state index contributed by atoms with van der Waals surface area (Å²) in [6, 6.07) is 44.8. The summed E-state index contributed by atoms with van der Waals surface area (Å²) >= 11 is 0. The molecule has 0 spiro atoms. The Labute approximate surface area is 396 Å². The van der Waals surface area contributed by atoms with Crippen LogP contribution in [0.3, 0.4) is 0 Å². The molecule has 0 radical (unpaired) electrons. The highest BCUT2D eigenvalue weighted by Crippen LogP contribution is 2.74. The summed E-state index contributed by atoms with van der Waals surface area (Å²) in [4.78, 5) is 2.71. The molecule has 1 N–H and O–H groups in total. The SMILES string of the molecule is C=C(/C=C(\C=C(/C)N1C2=C(/C=C\CCCC2)C23C=CC=CC12C3)n1c2ccccc2c2ccccc21)c1cc(C)ccc1C.CC.CC.CN/C(=C\C=C\c1ccccc1)c1ccccc1. The lowest BCUT2D eigenvalue weighted by atomic mass is 9.87. The van der Waals surface area contributed by atoms with E-state index in [-0.39, 0.29) is 11.0 Å². The van der Waals surface area contributed by atoms with Crippen molar-refractivity contribution < 1.29 is 0 Å². The highest BCUT2D eigenvalue weighted by Gasteiger charge is 2.74. The summed E-state index contributed by atoms with van der Waals surface area (Å²) in [5.41, 5.74) is 16.2. The first-order valence-electron chi connectivity index (χ1n) is 24.2. The van der Waals surface area contributed by atoms with E-state index in [0.717, 1.165) is 29.8 Å². The number of nitrogens with zero attached hydrogens (tertiary/aromatic N) is 2. The fourth-order valence-corrected chi connectivity index (χ4v) is 10.1. The molecule has 6 aromatic rings. The van der Waals surface area contributed by atoms with Crippen molar-refractivity contribution >= 4 is 44.8 Å². The average molecular weight is 868 g/mol. The van der Waals surface area contributed by atoms with Crippen LogP contribution in [0.4, 0.5) is 0 Å². The number of benzene rings is 5. The van der Waals surface area contributed by atoms with Crippen LogP contribution in [0.15, 0.2) is 212 Å². The van der Waals surface area contributed by atoms with Gasteiger partial charge in [-0.1, -0.05) is 204 Å². The monoisotopic (exact) mass is 868 g/mol. The van der Waals surface area contributed by atoms with Gasteiger partial charge in [0.15, 0.2) is 0 Å². The maximum Gasteiger partial charge on any atom is 0.0775 e. The lowest BCUT2D eigenvalue weighted by Gasteiger charge is -2.34. The molecule has 3 aliphatic carbocycles. The smallest absolute Gasteiger partial charge is 0.0775 e. The van der Waals surface area contributed by atoms with Crippen LogP contribution >= 0.6 is 0 Å². The summed E-state index contributed by atoms with van der Waals surface area (Å²) in [5.74, 6) is 0. The van der Waals surface area contributed by atoms with Crippen LogP contribution < -0.4 is 5.32 Å². The number of aromatic nitrogens is 1. The van der Waals surface area contributed by atoms with Crippen molar-refractivity contribution in [3.63, 3.8) is 0 Å². The van der Waals surface area contributed by atoms with Gasteiger partial charge in [0.05, 0.1) is 16.6 Å². The molecule has 1 aromatic heterocycles. The van der Waals surface area contributed by atoms with E-state index >= 15 is 0 Å². The van der Waals surface area contributed by atoms with E-state index in [2.05, 4.69) is 200 Å². The second kappa shape index (κ2) is 21.4. The van der Waals surface area contributed by atoms with Crippen molar-refractivity contribution in [2.24, 2.45) is 5.41 Å². The molecule has 3 nitrogen and oxygen atoms in total. The first-order valence-corrected chi connectivity index (χ1v) is 24.2. The van der Waals surface area contributed by atoms with Gasteiger partial charge in [0.1, 0.15) is 0 Å². The van der Waals surface area contributed by atoms with E-state index in [1.807, 2.05) is 71.1 Å². The number of hydrogen-bond acceptors (Lipinski definition) is 2. The van der Waals surface area contributed by atoms with Gasteiger partial charge in [0, 0.05) is 46.0 Å². The van der Waals surface area contributed by atoms with Crippen LogP contribution in [0.25, 0.3) is 44.8 Å². The van der Waals surface area contributed by atoms with Crippen molar-refractivity contribution in [1.29, 1.82) is 0 Å². The van der Waals surface area contributed by atoms with Gasteiger partial charge in [-0.05, 0) is 117 Å². The molecule has 2 atom stereocenters. The maximum atomic E-state index is 4.64. The minimum absolute atomic E-state index is 0.00223. The molecule has 66 heavy (non-hydrogen) atoms. The van der Waals surface area contributed by atoms with Crippen molar-refractivity contribution in [2.45, 2.75) is 86.1 Å². The molecule has 0 saturated heterocycles. The van der Waals surface area contributed by atoms with Crippen molar-refractivity contribution in [1.82, 2.24) is 14.8 Å². The average Bonchev–Trinajstić information content (AvgIpc) is 3.85. The molecule has 1 saturated carbocycles. The van der Waals surface area contributed by atoms with Crippen LogP contribution in [0.2, 0.25) is 0 Å². The van der Waals surface area contributed by atoms with Gasteiger partial charge in [0.2, 0.25) is 0 Å². The summed E-state index contributed by atoms with van der Waals surface area (Å²) in [6.07, 6.45) is 31.3. The molecular formula is C63H69N3. The van der Waals surface area contributed by atoms with Gasteiger partial charge < -0.3 is 14.8 Å². The first-order chi connectivity index (χ1) is 32.3. The maximum absolute atomic E-state index is 4.64. The van der Waals surface area contributed by atoms with Gasteiger partial charge in [-0.3, -0.25) is 0 Å². The lowest BCUT2D eigenvalue weighted by molar-refractivity contribution is 0.330. The molecule has 2 unspecified atom stereocenters. The van der Waals surface area contributed by atoms with Gasteiger partial charge in [-0.2, -0.15) is 0 Å².